The van der Waals surface area contributed by atoms with Crippen LogP contribution in [0.2, 0.25) is 0 Å². The first-order valence-electron chi connectivity index (χ1n) is 5.02. The number of H-pyrrole nitrogens is 1. The summed E-state index contributed by atoms with van der Waals surface area (Å²) >= 11 is 0. The fourth-order valence-electron chi connectivity index (χ4n) is 1.45. The highest BCUT2D eigenvalue weighted by molar-refractivity contribution is 6.07. The van der Waals surface area contributed by atoms with Gasteiger partial charge < -0.3 is 9.47 Å². The number of hydrogen-bond donors (Lipinski definition) is 2. The first kappa shape index (κ1) is 11.8. The van der Waals surface area contributed by atoms with Crippen LogP contribution in [0, 0.1) is 0 Å². The van der Waals surface area contributed by atoms with Gasteiger partial charge in [0.05, 0.1) is 14.2 Å². The van der Waals surface area contributed by atoms with Crippen molar-refractivity contribution in [3.63, 3.8) is 0 Å². The van der Waals surface area contributed by atoms with Gasteiger partial charge in [0.1, 0.15) is 17.1 Å². The largest absolute Gasteiger partial charge is 0.496 e. The highest BCUT2D eigenvalue weighted by atomic mass is 16.5. The average Bonchev–Trinajstić information content (AvgIpc) is 2.90. The van der Waals surface area contributed by atoms with Crippen LogP contribution in [-0.4, -0.2) is 40.8 Å². The molecule has 8 nitrogen and oxygen atoms in total. The number of nitrogens with one attached hydrogen (secondary N) is 2. The molecule has 0 saturated carbocycles. The topological polar surface area (TPSA) is 102 Å². The summed E-state index contributed by atoms with van der Waals surface area (Å²) < 4.78 is 10.2. The van der Waals surface area contributed by atoms with E-state index in [1.165, 1.54) is 14.2 Å². The third kappa shape index (κ3) is 2.21. The summed E-state index contributed by atoms with van der Waals surface area (Å²) in [4.78, 5) is 12.1. The van der Waals surface area contributed by atoms with Gasteiger partial charge >= 0.3 is 0 Å². The Bertz CT molecular complexity index is 518. The van der Waals surface area contributed by atoms with Gasteiger partial charge in [-0.25, -0.2) is 0 Å². The number of amides is 1. The van der Waals surface area contributed by atoms with Crippen molar-refractivity contribution in [3.05, 3.63) is 23.8 Å². The number of rotatable bonds is 4. The number of aromatic nitrogens is 4. The predicted octanol–water partition coefficient (Wildman–Crippen LogP) is 0.469. The Morgan fingerprint density at radius 3 is 2.44 bits per heavy atom. The summed E-state index contributed by atoms with van der Waals surface area (Å²) in [5.41, 5.74) is 0.271. The number of ether oxygens (including phenoxy) is 2. The van der Waals surface area contributed by atoms with Crippen molar-refractivity contribution in [1.29, 1.82) is 0 Å². The van der Waals surface area contributed by atoms with Crippen LogP contribution < -0.4 is 14.8 Å². The quantitative estimate of drug-likeness (QED) is 0.816. The van der Waals surface area contributed by atoms with Gasteiger partial charge in [-0.1, -0.05) is 11.2 Å². The molecule has 0 aliphatic carbocycles. The molecule has 0 fully saturated rings. The number of aromatic amines is 1. The minimum atomic E-state index is -0.439. The maximum Gasteiger partial charge on any atom is 0.270 e. The summed E-state index contributed by atoms with van der Waals surface area (Å²) in [5, 5.41) is 15.3. The molecule has 94 valence electrons. The van der Waals surface area contributed by atoms with Crippen molar-refractivity contribution in [2.45, 2.75) is 0 Å². The van der Waals surface area contributed by atoms with E-state index in [0.29, 0.717) is 11.5 Å². The standard InChI is InChI=1S/C10H11N5O3/c1-17-6-4-3-5-7(18-2)8(6)9(16)11-10-12-14-15-13-10/h3-5H,1-2H3,(H2,11,12,13,14,15,16). The normalized spacial score (nSPS) is 9.89. The smallest absolute Gasteiger partial charge is 0.270 e. The van der Waals surface area contributed by atoms with Crippen molar-refractivity contribution < 1.29 is 14.3 Å². The van der Waals surface area contributed by atoms with Crippen molar-refractivity contribution in [1.82, 2.24) is 20.6 Å². The first-order chi connectivity index (χ1) is 8.76. The van der Waals surface area contributed by atoms with E-state index in [4.69, 9.17) is 9.47 Å². The Morgan fingerprint density at radius 2 is 1.94 bits per heavy atom. The number of hydrogen-bond acceptors (Lipinski definition) is 6. The van der Waals surface area contributed by atoms with Crippen LogP contribution in [0.4, 0.5) is 5.95 Å². The van der Waals surface area contributed by atoms with E-state index in [1.807, 2.05) is 0 Å². The summed E-state index contributed by atoms with van der Waals surface area (Å²) in [6, 6.07) is 5.05. The number of nitrogens with zero attached hydrogens (tertiary/aromatic N) is 3. The zero-order valence-electron chi connectivity index (χ0n) is 9.80. The second-order valence-corrected chi connectivity index (χ2v) is 3.23. The van der Waals surface area contributed by atoms with E-state index in [1.54, 1.807) is 18.2 Å². The van der Waals surface area contributed by atoms with Crippen molar-refractivity contribution in [3.8, 4) is 11.5 Å². The van der Waals surface area contributed by atoms with E-state index in [-0.39, 0.29) is 11.5 Å². The third-order valence-corrected chi connectivity index (χ3v) is 2.23. The molecule has 0 aliphatic heterocycles. The van der Waals surface area contributed by atoms with Crippen LogP contribution >= 0.6 is 0 Å². The van der Waals surface area contributed by atoms with Gasteiger partial charge in [-0.2, -0.15) is 5.21 Å². The zero-order chi connectivity index (χ0) is 13.0. The predicted molar refractivity (Wildman–Crippen MR) is 61.7 cm³/mol. The molecule has 0 atom stereocenters. The summed E-state index contributed by atoms with van der Waals surface area (Å²) in [6.45, 7) is 0. The molecule has 0 bridgehead atoms. The Kier molecular flexibility index (Phi) is 3.37. The van der Waals surface area contributed by atoms with Crippen LogP contribution in [0.15, 0.2) is 18.2 Å². The Hall–Kier alpha value is -2.64. The van der Waals surface area contributed by atoms with Gasteiger partial charge in [-0.05, 0) is 17.3 Å². The molecule has 0 aliphatic rings. The number of anilines is 1. The lowest BCUT2D eigenvalue weighted by Crippen LogP contribution is -2.15. The lowest BCUT2D eigenvalue weighted by Gasteiger charge is -2.11. The van der Waals surface area contributed by atoms with Crippen LogP contribution in [0.1, 0.15) is 10.4 Å². The number of benzene rings is 1. The molecule has 0 radical (unpaired) electrons. The lowest BCUT2D eigenvalue weighted by atomic mass is 10.1. The minimum absolute atomic E-state index is 0.0768. The van der Waals surface area contributed by atoms with Gasteiger partial charge in [0.15, 0.2) is 0 Å². The average molecular weight is 249 g/mol. The molecule has 2 aromatic rings. The highest BCUT2D eigenvalue weighted by Crippen LogP contribution is 2.28. The van der Waals surface area contributed by atoms with E-state index in [2.05, 4.69) is 25.9 Å². The van der Waals surface area contributed by atoms with Crippen LogP contribution in [0.25, 0.3) is 0 Å². The number of tetrazole rings is 1. The second-order valence-electron chi connectivity index (χ2n) is 3.23. The Morgan fingerprint density at radius 1 is 1.28 bits per heavy atom. The van der Waals surface area contributed by atoms with Crippen LogP contribution in [0.3, 0.4) is 0 Å². The van der Waals surface area contributed by atoms with Gasteiger partial charge in [-0.3, -0.25) is 10.1 Å². The van der Waals surface area contributed by atoms with E-state index >= 15 is 0 Å². The molecular weight excluding hydrogens is 238 g/mol. The molecule has 1 aromatic carbocycles. The van der Waals surface area contributed by atoms with E-state index in [9.17, 15) is 4.79 Å². The molecule has 1 aromatic heterocycles. The summed E-state index contributed by atoms with van der Waals surface area (Å²) in [5.74, 6) is 0.435. The molecule has 0 spiro atoms. The molecule has 2 rings (SSSR count). The molecule has 0 unspecified atom stereocenters. The minimum Gasteiger partial charge on any atom is -0.496 e. The maximum absolute atomic E-state index is 12.1. The van der Waals surface area contributed by atoms with Crippen LogP contribution in [0.5, 0.6) is 11.5 Å². The maximum atomic E-state index is 12.1. The van der Waals surface area contributed by atoms with Gasteiger partial charge in [0.25, 0.3) is 11.9 Å². The SMILES string of the molecule is COc1cccc(OC)c1C(=O)Nc1nn[nH]n1. The number of carbonyl (C=O) groups is 1. The molecule has 8 heteroatoms. The van der Waals surface area contributed by atoms with Crippen LogP contribution in [-0.2, 0) is 0 Å². The zero-order valence-corrected chi connectivity index (χ0v) is 9.80. The third-order valence-electron chi connectivity index (χ3n) is 2.23. The van der Waals surface area contributed by atoms with Gasteiger partial charge in [0, 0.05) is 0 Å². The molecule has 1 amide bonds. The summed E-state index contributed by atoms with van der Waals surface area (Å²) in [7, 11) is 2.94. The van der Waals surface area contributed by atoms with Gasteiger partial charge in [-0.15, -0.1) is 5.10 Å². The monoisotopic (exact) mass is 249 g/mol. The Balaban J connectivity index is 2.33. The number of methoxy groups -OCH3 is 2. The second kappa shape index (κ2) is 5.13. The molecule has 18 heavy (non-hydrogen) atoms. The fourth-order valence-corrected chi connectivity index (χ4v) is 1.45. The Labute approximate surface area is 102 Å². The van der Waals surface area contributed by atoms with Gasteiger partial charge in [0.2, 0.25) is 0 Å². The fraction of sp³-hybridized carbons (Fsp3) is 0.200. The summed E-state index contributed by atoms with van der Waals surface area (Å²) in [6.07, 6.45) is 0. The van der Waals surface area contributed by atoms with E-state index < -0.39 is 5.91 Å². The highest BCUT2D eigenvalue weighted by Gasteiger charge is 2.19. The molecule has 0 saturated heterocycles. The lowest BCUT2D eigenvalue weighted by molar-refractivity contribution is 0.102. The first-order valence-corrected chi connectivity index (χ1v) is 5.02. The number of carbonyl (C=O) groups excluding carboxylic acids is 1. The van der Waals surface area contributed by atoms with Crippen molar-refractivity contribution >= 4 is 11.9 Å². The molecule has 2 N–H and O–H groups in total. The van der Waals surface area contributed by atoms with Crippen molar-refractivity contribution in [2.24, 2.45) is 0 Å². The molecule has 1 heterocycles. The van der Waals surface area contributed by atoms with E-state index in [0.717, 1.165) is 0 Å². The van der Waals surface area contributed by atoms with Crippen molar-refractivity contribution in [2.75, 3.05) is 19.5 Å². The molecular formula is C10H11N5O3.